The predicted octanol–water partition coefficient (Wildman–Crippen LogP) is 2.75. The van der Waals surface area contributed by atoms with Crippen molar-refractivity contribution in [2.45, 2.75) is 6.42 Å². The molecule has 1 heterocycles. The number of Topliss-reactive ketones (excluding diaryl/α,β-unsaturated/α-hetero) is 1. The highest BCUT2D eigenvalue weighted by Gasteiger charge is 2.11. The fourth-order valence-electron chi connectivity index (χ4n) is 1.64. The Bertz CT molecular complexity index is 545. The van der Waals surface area contributed by atoms with Gasteiger partial charge in [-0.2, -0.15) is 5.10 Å². The Hall–Kier alpha value is -1.49. The lowest BCUT2D eigenvalue weighted by Gasteiger charge is -2.03. The highest BCUT2D eigenvalue weighted by molar-refractivity contribution is 9.10. The van der Waals surface area contributed by atoms with Crippen LogP contribution >= 0.6 is 15.9 Å². The van der Waals surface area contributed by atoms with Crippen molar-refractivity contribution < 1.29 is 9.18 Å². The number of ketones is 1. The van der Waals surface area contributed by atoms with Crippen molar-refractivity contribution in [2.24, 2.45) is 7.05 Å². The smallest absolute Gasteiger partial charge is 0.185 e. The summed E-state index contributed by atoms with van der Waals surface area (Å²) in [4.78, 5) is 11.9. The quantitative estimate of drug-likeness (QED) is 0.817. The summed E-state index contributed by atoms with van der Waals surface area (Å²) >= 11 is 3.20. The molecule has 0 bridgehead atoms. The summed E-state index contributed by atoms with van der Waals surface area (Å²) in [6.45, 7) is 0. The highest BCUT2D eigenvalue weighted by atomic mass is 79.9. The summed E-state index contributed by atoms with van der Waals surface area (Å²) in [6.07, 6.45) is 1.73. The average Bonchev–Trinajstić information content (AvgIpc) is 2.62. The van der Waals surface area contributed by atoms with Gasteiger partial charge in [-0.1, -0.05) is 15.9 Å². The third-order valence-electron chi connectivity index (χ3n) is 2.39. The fraction of sp³-hybridized carbons (Fsp3) is 0.167. The van der Waals surface area contributed by atoms with Gasteiger partial charge in [-0.15, -0.1) is 0 Å². The van der Waals surface area contributed by atoms with E-state index in [1.165, 1.54) is 16.8 Å². The molecule has 0 aliphatic carbocycles. The molecule has 2 rings (SSSR count). The van der Waals surface area contributed by atoms with Gasteiger partial charge in [-0.3, -0.25) is 9.48 Å². The summed E-state index contributed by atoms with van der Waals surface area (Å²) in [5.41, 5.74) is 1.16. The monoisotopic (exact) mass is 296 g/mol. The first-order valence-corrected chi connectivity index (χ1v) is 5.82. The van der Waals surface area contributed by atoms with Crippen LogP contribution in [-0.4, -0.2) is 15.6 Å². The van der Waals surface area contributed by atoms with E-state index in [-0.39, 0.29) is 18.0 Å². The highest BCUT2D eigenvalue weighted by Crippen LogP contribution is 2.16. The van der Waals surface area contributed by atoms with Gasteiger partial charge >= 0.3 is 0 Å². The number of hydrogen-bond acceptors (Lipinski definition) is 2. The lowest BCUT2D eigenvalue weighted by Crippen LogP contribution is -2.09. The van der Waals surface area contributed by atoms with Gasteiger partial charge in [-0.25, -0.2) is 4.39 Å². The number of halogens is 2. The molecule has 0 atom stereocenters. The second-order valence-electron chi connectivity index (χ2n) is 3.72. The molecule has 0 aliphatic heterocycles. The fourth-order valence-corrected chi connectivity index (χ4v) is 2.15. The summed E-state index contributed by atoms with van der Waals surface area (Å²) < 4.78 is 15.3. The van der Waals surface area contributed by atoms with E-state index >= 15 is 0 Å². The number of benzene rings is 1. The van der Waals surface area contributed by atoms with Crippen LogP contribution in [0.5, 0.6) is 0 Å². The normalized spacial score (nSPS) is 10.5. The summed E-state index contributed by atoms with van der Waals surface area (Å²) in [6, 6.07) is 6.10. The van der Waals surface area contributed by atoms with E-state index in [4.69, 9.17) is 0 Å². The van der Waals surface area contributed by atoms with Crippen LogP contribution in [-0.2, 0) is 13.5 Å². The van der Waals surface area contributed by atoms with Crippen molar-refractivity contribution in [3.63, 3.8) is 0 Å². The van der Waals surface area contributed by atoms with Crippen molar-refractivity contribution in [2.75, 3.05) is 0 Å². The van der Waals surface area contributed by atoms with Gasteiger partial charge in [0.25, 0.3) is 0 Å². The molecule has 0 amide bonds. The maximum atomic E-state index is 13.1. The van der Waals surface area contributed by atoms with Crippen LogP contribution in [0.15, 0.2) is 34.9 Å². The Morgan fingerprint density at radius 2 is 2.24 bits per heavy atom. The van der Waals surface area contributed by atoms with Crippen molar-refractivity contribution in [3.8, 4) is 0 Å². The number of hydrogen-bond donors (Lipinski definition) is 0. The minimum atomic E-state index is -0.354. The van der Waals surface area contributed by atoms with Gasteiger partial charge < -0.3 is 0 Å². The minimum absolute atomic E-state index is 0.0810. The molecule has 0 fully saturated rings. The van der Waals surface area contributed by atoms with Gasteiger partial charge in [0.15, 0.2) is 5.78 Å². The van der Waals surface area contributed by atoms with E-state index < -0.39 is 0 Å². The zero-order valence-corrected chi connectivity index (χ0v) is 10.7. The van der Waals surface area contributed by atoms with Crippen LogP contribution in [0.2, 0.25) is 0 Å². The number of carbonyl (C=O) groups excluding carboxylic acids is 1. The molecule has 0 saturated carbocycles. The van der Waals surface area contributed by atoms with Gasteiger partial charge in [0.2, 0.25) is 0 Å². The molecule has 88 valence electrons. The van der Waals surface area contributed by atoms with Gasteiger partial charge in [0.1, 0.15) is 11.5 Å². The van der Waals surface area contributed by atoms with Crippen LogP contribution in [0.1, 0.15) is 16.1 Å². The summed E-state index contributed by atoms with van der Waals surface area (Å²) in [5, 5.41) is 3.93. The number of rotatable bonds is 3. The van der Waals surface area contributed by atoms with Crippen molar-refractivity contribution in [1.82, 2.24) is 9.78 Å². The van der Waals surface area contributed by atoms with Crippen molar-refractivity contribution in [3.05, 3.63) is 52.0 Å². The average molecular weight is 297 g/mol. The Labute approximate surface area is 106 Å². The van der Waals surface area contributed by atoms with Crippen LogP contribution in [0, 0.1) is 5.82 Å². The minimum Gasteiger partial charge on any atom is -0.292 e. The van der Waals surface area contributed by atoms with E-state index in [9.17, 15) is 9.18 Å². The molecular weight excluding hydrogens is 287 g/mol. The predicted molar refractivity (Wildman–Crippen MR) is 65.3 cm³/mol. The third kappa shape index (κ3) is 2.79. The standard InChI is InChI=1S/C12H10BrFN2O/c1-16-11(2-3-15-16)12(17)6-8-4-9(13)7-10(14)5-8/h2-5,7H,6H2,1H3. The van der Waals surface area contributed by atoms with Crippen LogP contribution < -0.4 is 0 Å². The number of carbonyl (C=O) groups is 1. The Kier molecular flexibility index (Phi) is 3.38. The Balaban J connectivity index is 2.21. The van der Waals surface area contributed by atoms with E-state index in [1.807, 2.05) is 0 Å². The molecule has 1 aromatic carbocycles. The molecule has 1 aromatic heterocycles. The molecule has 0 unspecified atom stereocenters. The Morgan fingerprint density at radius 3 is 2.82 bits per heavy atom. The molecule has 5 heteroatoms. The molecule has 2 aromatic rings. The third-order valence-corrected chi connectivity index (χ3v) is 2.85. The molecule has 0 spiro atoms. The zero-order valence-electron chi connectivity index (χ0n) is 9.15. The van der Waals surface area contributed by atoms with Gasteiger partial charge in [0, 0.05) is 24.1 Å². The second kappa shape index (κ2) is 4.79. The van der Waals surface area contributed by atoms with Crippen LogP contribution in [0.25, 0.3) is 0 Å². The summed E-state index contributed by atoms with van der Waals surface area (Å²) in [5.74, 6) is -0.435. The van der Waals surface area contributed by atoms with E-state index in [2.05, 4.69) is 21.0 Å². The Morgan fingerprint density at radius 1 is 1.47 bits per heavy atom. The largest absolute Gasteiger partial charge is 0.292 e. The van der Waals surface area contributed by atoms with E-state index in [0.717, 1.165) is 0 Å². The first-order valence-electron chi connectivity index (χ1n) is 5.02. The van der Waals surface area contributed by atoms with Crippen LogP contribution in [0.4, 0.5) is 4.39 Å². The number of aromatic nitrogens is 2. The zero-order chi connectivity index (χ0) is 12.4. The number of nitrogens with zero attached hydrogens (tertiary/aromatic N) is 2. The maximum absolute atomic E-state index is 13.1. The first kappa shape index (κ1) is 12.0. The van der Waals surface area contributed by atoms with Crippen LogP contribution in [0.3, 0.4) is 0 Å². The second-order valence-corrected chi connectivity index (χ2v) is 4.63. The molecular formula is C12H10BrFN2O. The number of aryl methyl sites for hydroxylation is 1. The van der Waals surface area contributed by atoms with E-state index in [0.29, 0.717) is 15.7 Å². The van der Waals surface area contributed by atoms with E-state index in [1.54, 1.807) is 25.4 Å². The lowest BCUT2D eigenvalue weighted by atomic mass is 10.1. The lowest BCUT2D eigenvalue weighted by molar-refractivity contribution is 0.0984. The van der Waals surface area contributed by atoms with Crippen molar-refractivity contribution in [1.29, 1.82) is 0 Å². The van der Waals surface area contributed by atoms with Gasteiger partial charge in [0.05, 0.1) is 0 Å². The summed E-state index contributed by atoms with van der Waals surface area (Å²) in [7, 11) is 1.70. The molecule has 0 radical (unpaired) electrons. The topological polar surface area (TPSA) is 34.9 Å². The molecule has 0 aliphatic rings. The SMILES string of the molecule is Cn1nccc1C(=O)Cc1cc(F)cc(Br)c1. The molecule has 0 saturated heterocycles. The maximum Gasteiger partial charge on any atom is 0.185 e. The van der Waals surface area contributed by atoms with Crippen molar-refractivity contribution >= 4 is 21.7 Å². The molecule has 0 N–H and O–H groups in total. The molecule has 3 nitrogen and oxygen atoms in total. The molecule has 17 heavy (non-hydrogen) atoms. The van der Waals surface area contributed by atoms with Gasteiger partial charge in [-0.05, 0) is 29.8 Å². The first-order chi connectivity index (χ1) is 8.06.